The Morgan fingerprint density at radius 3 is 2.33 bits per heavy atom. The number of esters is 1. The Morgan fingerprint density at radius 1 is 0.848 bits per heavy atom. The fourth-order valence-electron chi connectivity index (χ4n) is 3.41. The molecule has 0 aliphatic heterocycles. The highest BCUT2D eigenvalue weighted by molar-refractivity contribution is 5.72. The molecule has 0 unspecified atom stereocenters. The fourth-order valence-corrected chi connectivity index (χ4v) is 3.41. The molecule has 1 aromatic heterocycles. The van der Waals surface area contributed by atoms with Gasteiger partial charge < -0.3 is 9.47 Å². The zero-order chi connectivity index (χ0) is 23.6. The SMILES string of the molecule is CCCC=CCCCCC(=O)Oc1cnc(-c2ccc(CCCCCOCCC)cc2)nc1. The molecule has 33 heavy (non-hydrogen) atoms. The predicted molar refractivity (Wildman–Crippen MR) is 134 cm³/mol. The van der Waals surface area contributed by atoms with Crippen molar-refractivity contribution in [2.24, 2.45) is 0 Å². The van der Waals surface area contributed by atoms with Crippen LogP contribution < -0.4 is 4.74 Å². The fraction of sp³-hybridized carbons (Fsp3) is 0.536. The van der Waals surface area contributed by atoms with Gasteiger partial charge in [-0.1, -0.05) is 63.1 Å². The molecule has 0 amide bonds. The number of nitrogens with zero attached hydrogens (tertiary/aromatic N) is 2. The van der Waals surface area contributed by atoms with Crippen LogP contribution in [0.1, 0.15) is 83.6 Å². The summed E-state index contributed by atoms with van der Waals surface area (Å²) in [6, 6.07) is 8.38. The largest absolute Gasteiger partial charge is 0.423 e. The summed E-state index contributed by atoms with van der Waals surface area (Å²) in [6.45, 7) is 6.03. The van der Waals surface area contributed by atoms with Gasteiger partial charge in [0.15, 0.2) is 11.6 Å². The summed E-state index contributed by atoms with van der Waals surface area (Å²) < 4.78 is 10.9. The highest BCUT2D eigenvalue weighted by Crippen LogP contribution is 2.19. The summed E-state index contributed by atoms with van der Waals surface area (Å²) in [5.74, 6) is 0.796. The van der Waals surface area contributed by atoms with Gasteiger partial charge in [-0.15, -0.1) is 0 Å². The van der Waals surface area contributed by atoms with Gasteiger partial charge >= 0.3 is 5.97 Å². The Labute approximate surface area is 199 Å². The predicted octanol–water partition coefficient (Wildman–Crippen LogP) is 7.11. The number of ether oxygens (including phenoxy) is 2. The van der Waals surface area contributed by atoms with Crippen LogP contribution in [0.2, 0.25) is 0 Å². The zero-order valence-corrected chi connectivity index (χ0v) is 20.4. The van der Waals surface area contributed by atoms with E-state index >= 15 is 0 Å². The van der Waals surface area contributed by atoms with Crippen molar-refractivity contribution in [1.29, 1.82) is 0 Å². The minimum absolute atomic E-state index is 0.231. The Bertz CT molecular complexity index is 801. The van der Waals surface area contributed by atoms with Gasteiger partial charge in [-0.25, -0.2) is 9.97 Å². The molecule has 0 bridgehead atoms. The Kier molecular flexibility index (Phi) is 13.8. The maximum Gasteiger partial charge on any atom is 0.311 e. The van der Waals surface area contributed by atoms with Crippen LogP contribution in [-0.4, -0.2) is 29.2 Å². The van der Waals surface area contributed by atoms with Crippen molar-refractivity contribution in [3.63, 3.8) is 0 Å². The average molecular weight is 453 g/mol. The van der Waals surface area contributed by atoms with Gasteiger partial charge in [0.2, 0.25) is 0 Å². The van der Waals surface area contributed by atoms with E-state index in [9.17, 15) is 4.79 Å². The number of carbonyl (C=O) groups excluding carboxylic acids is 1. The van der Waals surface area contributed by atoms with Gasteiger partial charge in [-0.2, -0.15) is 0 Å². The van der Waals surface area contributed by atoms with E-state index < -0.39 is 0 Å². The van der Waals surface area contributed by atoms with E-state index in [1.165, 1.54) is 24.8 Å². The normalized spacial score (nSPS) is 11.2. The van der Waals surface area contributed by atoms with Crippen molar-refractivity contribution in [3.8, 4) is 17.1 Å². The number of aromatic nitrogens is 2. The van der Waals surface area contributed by atoms with Crippen LogP contribution in [0.5, 0.6) is 5.75 Å². The third kappa shape index (κ3) is 11.8. The first kappa shape index (κ1) is 26.7. The standard InChI is InChI=1S/C28H40N2O3/c1-3-5-6-7-8-9-12-15-27(31)33-26-22-29-28(30-23-26)25-18-16-24(17-19-25)14-11-10-13-21-32-20-4-2/h6-7,16-19,22-23H,3-5,8-15,20-21H2,1-2H3. The molecular formula is C28H40N2O3. The molecule has 180 valence electrons. The van der Waals surface area contributed by atoms with Crippen LogP contribution in [0.3, 0.4) is 0 Å². The lowest BCUT2D eigenvalue weighted by atomic mass is 10.0. The second-order valence-corrected chi connectivity index (χ2v) is 8.34. The zero-order valence-electron chi connectivity index (χ0n) is 20.4. The number of rotatable bonds is 17. The van der Waals surface area contributed by atoms with E-state index in [-0.39, 0.29) is 5.97 Å². The van der Waals surface area contributed by atoms with Crippen LogP contribution in [0.4, 0.5) is 0 Å². The summed E-state index contributed by atoms with van der Waals surface area (Å²) >= 11 is 0. The van der Waals surface area contributed by atoms with Crippen LogP contribution in [0, 0.1) is 0 Å². The van der Waals surface area contributed by atoms with E-state index in [2.05, 4.69) is 60.2 Å². The lowest BCUT2D eigenvalue weighted by Gasteiger charge is -2.06. The van der Waals surface area contributed by atoms with Gasteiger partial charge in [0.25, 0.3) is 0 Å². The maximum atomic E-state index is 12.0. The summed E-state index contributed by atoms with van der Waals surface area (Å²) in [5.41, 5.74) is 2.28. The highest BCUT2D eigenvalue weighted by atomic mass is 16.5. The van der Waals surface area contributed by atoms with E-state index in [4.69, 9.17) is 9.47 Å². The Morgan fingerprint density at radius 2 is 1.61 bits per heavy atom. The number of unbranched alkanes of at least 4 members (excludes halogenated alkanes) is 5. The lowest BCUT2D eigenvalue weighted by molar-refractivity contribution is -0.134. The first-order valence-corrected chi connectivity index (χ1v) is 12.6. The highest BCUT2D eigenvalue weighted by Gasteiger charge is 2.07. The van der Waals surface area contributed by atoms with Gasteiger partial charge in [-0.05, 0) is 56.9 Å². The van der Waals surface area contributed by atoms with E-state index in [0.29, 0.717) is 18.0 Å². The number of benzene rings is 1. The molecule has 5 heteroatoms. The van der Waals surface area contributed by atoms with Crippen molar-refractivity contribution in [2.75, 3.05) is 13.2 Å². The van der Waals surface area contributed by atoms with Gasteiger partial charge in [0, 0.05) is 25.2 Å². The number of hydrogen-bond acceptors (Lipinski definition) is 5. The molecule has 0 spiro atoms. The molecule has 2 rings (SSSR count). The summed E-state index contributed by atoms with van der Waals surface area (Å²) in [7, 11) is 0. The van der Waals surface area contributed by atoms with Crippen molar-refractivity contribution in [1.82, 2.24) is 9.97 Å². The third-order valence-corrected chi connectivity index (χ3v) is 5.30. The van der Waals surface area contributed by atoms with E-state index in [0.717, 1.165) is 63.7 Å². The van der Waals surface area contributed by atoms with Crippen molar-refractivity contribution in [3.05, 3.63) is 54.4 Å². The van der Waals surface area contributed by atoms with Crippen molar-refractivity contribution < 1.29 is 14.3 Å². The Balaban J connectivity index is 1.68. The molecule has 1 aromatic carbocycles. The number of allylic oxidation sites excluding steroid dienone is 2. The minimum Gasteiger partial charge on any atom is -0.423 e. The van der Waals surface area contributed by atoms with Crippen molar-refractivity contribution in [2.45, 2.75) is 84.5 Å². The summed E-state index contributed by atoms with van der Waals surface area (Å²) in [4.78, 5) is 20.8. The molecule has 0 radical (unpaired) electrons. The monoisotopic (exact) mass is 452 g/mol. The average Bonchev–Trinajstić information content (AvgIpc) is 2.84. The molecular weight excluding hydrogens is 412 g/mol. The first-order valence-electron chi connectivity index (χ1n) is 12.6. The molecule has 0 saturated carbocycles. The Hall–Kier alpha value is -2.53. The van der Waals surface area contributed by atoms with Crippen LogP contribution in [-0.2, 0) is 16.0 Å². The summed E-state index contributed by atoms with van der Waals surface area (Å²) in [6.07, 6.45) is 18.7. The molecule has 0 fully saturated rings. The quantitative estimate of drug-likeness (QED) is 0.145. The third-order valence-electron chi connectivity index (χ3n) is 5.30. The van der Waals surface area contributed by atoms with Crippen LogP contribution >= 0.6 is 0 Å². The second-order valence-electron chi connectivity index (χ2n) is 8.34. The van der Waals surface area contributed by atoms with Crippen molar-refractivity contribution >= 4 is 5.97 Å². The van der Waals surface area contributed by atoms with Crippen LogP contribution in [0.25, 0.3) is 11.4 Å². The van der Waals surface area contributed by atoms with Gasteiger partial charge in [0.05, 0.1) is 12.4 Å². The summed E-state index contributed by atoms with van der Waals surface area (Å²) in [5, 5.41) is 0. The van der Waals surface area contributed by atoms with Gasteiger partial charge in [0.1, 0.15) is 0 Å². The smallest absolute Gasteiger partial charge is 0.311 e. The molecule has 0 N–H and O–H groups in total. The molecule has 0 atom stereocenters. The molecule has 0 saturated heterocycles. The molecule has 0 aliphatic rings. The number of aryl methyl sites for hydroxylation is 1. The number of carbonyl (C=O) groups is 1. The molecule has 0 aliphatic carbocycles. The minimum atomic E-state index is -0.231. The second kappa shape index (κ2) is 17.0. The van der Waals surface area contributed by atoms with Crippen LogP contribution in [0.15, 0.2) is 48.8 Å². The van der Waals surface area contributed by atoms with Gasteiger partial charge in [-0.3, -0.25) is 4.79 Å². The lowest BCUT2D eigenvalue weighted by Crippen LogP contribution is -2.08. The topological polar surface area (TPSA) is 61.3 Å². The van der Waals surface area contributed by atoms with E-state index in [1.54, 1.807) is 12.4 Å². The first-order chi connectivity index (χ1) is 16.2. The number of hydrogen-bond donors (Lipinski definition) is 0. The maximum absolute atomic E-state index is 12.0. The molecule has 2 aromatic rings. The molecule has 1 heterocycles. The van der Waals surface area contributed by atoms with E-state index in [1.807, 2.05) is 0 Å². The molecule has 5 nitrogen and oxygen atoms in total.